The van der Waals surface area contributed by atoms with Gasteiger partial charge < -0.3 is 14.5 Å². The zero-order valence-corrected chi connectivity index (χ0v) is 15.8. The van der Waals surface area contributed by atoms with Crippen molar-refractivity contribution in [2.75, 3.05) is 11.9 Å². The number of halogens is 1. The molecule has 144 valence electrons. The summed E-state index contributed by atoms with van der Waals surface area (Å²) in [6.07, 6.45) is 0. The van der Waals surface area contributed by atoms with Gasteiger partial charge in [-0.2, -0.15) is 0 Å². The standard InChI is InChI=1S/C22H15ClN2O4/c23-15-8-11-18-19(12-15)25-21(29-22(18)27)14-6-9-16(10-7-14)24-20(26)13-28-17-4-2-1-3-5-17/h1-12H,13H2,(H,24,26). The number of rotatable bonds is 5. The molecule has 0 aliphatic rings. The maximum Gasteiger partial charge on any atom is 0.347 e. The van der Waals surface area contributed by atoms with Gasteiger partial charge in [-0.1, -0.05) is 29.8 Å². The average molecular weight is 407 g/mol. The molecule has 0 fully saturated rings. The lowest BCUT2D eigenvalue weighted by Gasteiger charge is -2.08. The van der Waals surface area contributed by atoms with Gasteiger partial charge in [0.15, 0.2) is 6.61 Å². The van der Waals surface area contributed by atoms with Crippen LogP contribution in [0.4, 0.5) is 5.69 Å². The number of aromatic nitrogens is 1. The van der Waals surface area contributed by atoms with Crippen LogP contribution in [0.15, 0.2) is 82.0 Å². The third-order valence-corrected chi connectivity index (χ3v) is 4.35. The molecule has 0 saturated carbocycles. The van der Waals surface area contributed by atoms with E-state index in [1.807, 2.05) is 18.2 Å². The molecule has 1 amide bonds. The predicted molar refractivity (Wildman–Crippen MR) is 111 cm³/mol. The van der Waals surface area contributed by atoms with Crippen LogP contribution >= 0.6 is 11.6 Å². The summed E-state index contributed by atoms with van der Waals surface area (Å²) in [5.41, 5.74) is 1.15. The van der Waals surface area contributed by atoms with E-state index in [0.29, 0.717) is 32.9 Å². The van der Waals surface area contributed by atoms with Crippen LogP contribution in [0.5, 0.6) is 5.75 Å². The molecular formula is C22H15ClN2O4. The molecule has 0 bridgehead atoms. The van der Waals surface area contributed by atoms with Crippen LogP contribution < -0.4 is 15.7 Å². The highest BCUT2D eigenvalue weighted by Gasteiger charge is 2.10. The molecule has 6 nitrogen and oxygen atoms in total. The zero-order valence-electron chi connectivity index (χ0n) is 15.1. The fourth-order valence-electron chi connectivity index (χ4n) is 2.73. The second kappa shape index (κ2) is 8.16. The van der Waals surface area contributed by atoms with Crippen molar-refractivity contribution in [3.63, 3.8) is 0 Å². The fourth-order valence-corrected chi connectivity index (χ4v) is 2.89. The molecule has 1 heterocycles. The highest BCUT2D eigenvalue weighted by atomic mass is 35.5. The first-order valence-corrected chi connectivity index (χ1v) is 9.15. The van der Waals surface area contributed by atoms with Crippen LogP contribution in [-0.2, 0) is 4.79 Å². The summed E-state index contributed by atoms with van der Waals surface area (Å²) in [5, 5.41) is 3.59. The first-order valence-electron chi connectivity index (χ1n) is 8.77. The SMILES string of the molecule is O=C(COc1ccccc1)Nc1ccc(-c2nc3cc(Cl)ccc3c(=O)o2)cc1. The minimum atomic E-state index is -0.489. The van der Waals surface area contributed by atoms with Gasteiger partial charge in [-0.25, -0.2) is 9.78 Å². The van der Waals surface area contributed by atoms with Crippen LogP contribution in [0.1, 0.15) is 0 Å². The Morgan fingerprint density at radius 1 is 1.03 bits per heavy atom. The molecule has 0 unspecified atom stereocenters. The van der Waals surface area contributed by atoms with E-state index in [1.54, 1.807) is 54.6 Å². The van der Waals surface area contributed by atoms with Crippen molar-refractivity contribution in [1.29, 1.82) is 0 Å². The third kappa shape index (κ3) is 4.44. The molecule has 1 aromatic heterocycles. The Balaban J connectivity index is 1.47. The van der Waals surface area contributed by atoms with Crippen molar-refractivity contribution >= 4 is 34.1 Å². The Kier molecular flexibility index (Phi) is 5.27. The number of hydrogen-bond donors (Lipinski definition) is 1. The number of ether oxygens (including phenoxy) is 1. The molecule has 0 aliphatic heterocycles. The van der Waals surface area contributed by atoms with Gasteiger partial charge in [0.25, 0.3) is 5.91 Å². The van der Waals surface area contributed by atoms with Gasteiger partial charge in [-0.3, -0.25) is 4.79 Å². The molecule has 0 atom stereocenters. The largest absolute Gasteiger partial charge is 0.484 e. The number of fused-ring (bicyclic) bond motifs is 1. The minimum absolute atomic E-state index is 0.104. The number of anilines is 1. The van der Waals surface area contributed by atoms with Gasteiger partial charge >= 0.3 is 5.63 Å². The molecule has 0 aliphatic carbocycles. The molecule has 0 radical (unpaired) electrons. The molecule has 4 rings (SSSR count). The van der Waals surface area contributed by atoms with Crippen molar-refractivity contribution in [2.24, 2.45) is 0 Å². The van der Waals surface area contributed by atoms with Crippen molar-refractivity contribution in [3.8, 4) is 17.2 Å². The second-order valence-corrected chi connectivity index (χ2v) is 6.63. The number of amides is 1. The van der Waals surface area contributed by atoms with Crippen LogP contribution in [0.25, 0.3) is 22.4 Å². The zero-order chi connectivity index (χ0) is 20.2. The summed E-state index contributed by atoms with van der Waals surface area (Å²) in [6.45, 7) is -0.104. The number of benzene rings is 3. The van der Waals surface area contributed by atoms with Crippen molar-refractivity contribution in [1.82, 2.24) is 4.98 Å². The average Bonchev–Trinajstić information content (AvgIpc) is 2.73. The van der Waals surface area contributed by atoms with Crippen LogP contribution in [0.2, 0.25) is 5.02 Å². The second-order valence-electron chi connectivity index (χ2n) is 6.20. The van der Waals surface area contributed by atoms with Gasteiger partial charge in [-0.05, 0) is 54.6 Å². The predicted octanol–water partition coefficient (Wildman–Crippen LogP) is 4.53. The van der Waals surface area contributed by atoms with E-state index < -0.39 is 5.63 Å². The first-order chi connectivity index (χ1) is 14.1. The van der Waals surface area contributed by atoms with Gasteiger partial charge in [0.1, 0.15) is 5.75 Å². The van der Waals surface area contributed by atoms with E-state index in [-0.39, 0.29) is 18.4 Å². The number of carbonyl (C=O) groups is 1. The first kappa shape index (κ1) is 18.7. The lowest BCUT2D eigenvalue weighted by molar-refractivity contribution is -0.118. The van der Waals surface area contributed by atoms with Crippen molar-refractivity contribution < 1.29 is 13.9 Å². The smallest absolute Gasteiger partial charge is 0.347 e. The number of hydrogen-bond acceptors (Lipinski definition) is 5. The normalized spacial score (nSPS) is 10.7. The lowest BCUT2D eigenvalue weighted by atomic mass is 10.2. The van der Waals surface area contributed by atoms with E-state index in [4.69, 9.17) is 20.8 Å². The van der Waals surface area contributed by atoms with Crippen molar-refractivity contribution in [2.45, 2.75) is 0 Å². The van der Waals surface area contributed by atoms with E-state index in [9.17, 15) is 9.59 Å². The number of para-hydroxylation sites is 1. The molecule has 4 aromatic rings. The summed E-state index contributed by atoms with van der Waals surface area (Å²) >= 11 is 5.98. The Labute approximate surface area is 170 Å². The maximum absolute atomic E-state index is 12.2. The van der Waals surface area contributed by atoms with E-state index in [2.05, 4.69) is 10.3 Å². The topological polar surface area (TPSA) is 81.4 Å². The molecule has 3 aromatic carbocycles. The maximum atomic E-state index is 12.2. The van der Waals surface area contributed by atoms with Crippen molar-refractivity contribution in [3.05, 3.63) is 88.2 Å². The Morgan fingerprint density at radius 2 is 1.79 bits per heavy atom. The minimum Gasteiger partial charge on any atom is -0.484 e. The Hall–Kier alpha value is -3.64. The van der Waals surface area contributed by atoms with Gasteiger partial charge in [0.05, 0.1) is 10.9 Å². The summed E-state index contributed by atoms with van der Waals surface area (Å²) < 4.78 is 10.7. The number of nitrogens with zero attached hydrogens (tertiary/aromatic N) is 1. The summed E-state index contributed by atoms with van der Waals surface area (Å²) in [5.74, 6) is 0.511. The van der Waals surface area contributed by atoms with Crippen LogP contribution in [0.3, 0.4) is 0 Å². The summed E-state index contributed by atoms with van der Waals surface area (Å²) in [4.78, 5) is 28.6. The number of carbonyl (C=O) groups excluding carboxylic acids is 1. The molecule has 29 heavy (non-hydrogen) atoms. The monoisotopic (exact) mass is 406 g/mol. The highest BCUT2D eigenvalue weighted by Crippen LogP contribution is 2.22. The summed E-state index contributed by atoms with van der Waals surface area (Å²) in [6, 6.07) is 20.7. The van der Waals surface area contributed by atoms with Gasteiger partial charge in [0.2, 0.25) is 5.89 Å². The van der Waals surface area contributed by atoms with Crippen LogP contribution in [-0.4, -0.2) is 17.5 Å². The number of nitrogens with one attached hydrogen (secondary N) is 1. The Morgan fingerprint density at radius 3 is 2.55 bits per heavy atom. The van der Waals surface area contributed by atoms with Crippen LogP contribution in [0, 0.1) is 0 Å². The molecule has 0 spiro atoms. The Bertz CT molecular complexity index is 1220. The quantitative estimate of drug-likeness (QED) is 0.526. The van der Waals surface area contributed by atoms with E-state index >= 15 is 0 Å². The molecule has 0 saturated heterocycles. The van der Waals surface area contributed by atoms with Gasteiger partial charge in [0, 0.05) is 16.3 Å². The van der Waals surface area contributed by atoms with Gasteiger partial charge in [-0.15, -0.1) is 0 Å². The lowest BCUT2D eigenvalue weighted by Crippen LogP contribution is -2.20. The fraction of sp³-hybridized carbons (Fsp3) is 0.0455. The van der Waals surface area contributed by atoms with E-state index in [0.717, 1.165) is 0 Å². The highest BCUT2D eigenvalue weighted by molar-refractivity contribution is 6.31. The summed E-state index contributed by atoms with van der Waals surface area (Å²) in [7, 11) is 0. The van der Waals surface area contributed by atoms with E-state index in [1.165, 1.54) is 0 Å². The molecular weight excluding hydrogens is 392 g/mol. The third-order valence-electron chi connectivity index (χ3n) is 4.12. The molecule has 7 heteroatoms. The molecule has 1 N–H and O–H groups in total.